The third-order valence-corrected chi connectivity index (χ3v) is 4.00. The van der Waals surface area contributed by atoms with Crippen LogP contribution >= 0.6 is 11.8 Å². The Morgan fingerprint density at radius 3 is 2.40 bits per heavy atom. The zero-order valence-corrected chi connectivity index (χ0v) is 9.96. The summed E-state index contributed by atoms with van der Waals surface area (Å²) in [6, 6.07) is 8.62. The zero-order chi connectivity index (χ0) is 10.8. The van der Waals surface area contributed by atoms with E-state index < -0.39 is 0 Å². The first-order chi connectivity index (χ1) is 7.16. The molecule has 2 N–H and O–H groups in total. The normalized spacial score (nSPS) is 25.1. The summed E-state index contributed by atoms with van der Waals surface area (Å²) >= 11 is 1.92. The van der Waals surface area contributed by atoms with Crippen LogP contribution in [0.4, 0.5) is 0 Å². The van der Waals surface area contributed by atoms with Gasteiger partial charge in [-0.2, -0.15) is 11.8 Å². The highest BCUT2D eigenvalue weighted by Crippen LogP contribution is 2.41. The molecule has 0 saturated carbocycles. The fourth-order valence-corrected chi connectivity index (χ4v) is 2.61. The lowest BCUT2D eigenvalue weighted by molar-refractivity contribution is 0.242. The van der Waals surface area contributed by atoms with Crippen LogP contribution in [-0.2, 0) is 0 Å². The van der Waals surface area contributed by atoms with Crippen LogP contribution in [0.25, 0.3) is 0 Å². The molecule has 0 bridgehead atoms. The maximum atomic E-state index is 5.92. The molecule has 1 heterocycles. The Bertz CT molecular complexity index is 323. The van der Waals surface area contributed by atoms with E-state index in [1.54, 1.807) is 0 Å². The lowest BCUT2D eigenvalue weighted by atomic mass is 10.1. The van der Waals surface area contributed by atoms with Crippen LogP contribution in [0.2, 0.25) is 0 Å². The maximum absolute atomic E-state index is 5.92. The molecule has 0 aromatic heterocycles. The van der Waals surface area contributed by atoms with Crippen LogP contribution in [0, 0.1) is 0 Å². The smallest absolute Gasteiger partial charge is 0.119 e. The molecule has 0 radical (unpaired) electrons. The van der Waals surface area contributed by atoms with E-state index in [0.717, 1.165) is 11.5 Å². The number of thioether (sulfide) groups is 1. The molecule has 3 heteroatoms. The molecule has 0 amide bonds. The van der Waals surface area contributed by atoms with Crippen LogP contribution in [-0.4, -0.2) is 17.9 Å². The van der Waals surface area contributed by atoms with E-state index in [2.05, 4.69) is 12.1 Å². The molecule has 1 aromatic rings. The van der Waals surface area contributed by atoms with Gasteiger partial charge in [0.15, 0.2) is 0 Å². The number of benzene rings is 1. The molecule has 15 heavy (non-hydrogen) atoms. The van der Waals surface area contributed by atoms with Crippen molar-refractivity contribution >= 4 is 11.8 Å². The SMILES string of the molecule is CC(C)Oc1ccc(C2SCC2N)cc1. The Balaban J connectivity index is 2.03. The lowest BCUT2D eigenvalue weighted by Crippen LogP contribution is -2.37. The van der Waals surface area contributed by atoms with E-state index in [4.69, 9.17) is 10.5 Å². The van der Waals surface area contributed by atoms with Gasteiger partial charge in [-0.1, -0.05) is 12.1 Å². The van der Waals surface area contributed by atoms with Crippen LogP contribution in [0.3, 0.4) is 0 Å². The second-order valence-electron chi connectivity index (χ2n) is 4.15. The molecular formula is C12H17NOS. The predicted molar refractivity (Wildman–Crippen MR) is 65.4 cm³/mol. The number of nitrogens with two attached hydrogens (primary N) is 1. The summed E-state index contributed by atoms with van der Waals surface area (Å²) in [5, 5.41) is 0.484. The quantitative estimate of drug-likeness (QED) is 0.855. The highest BCUT2D eigenvalue weighted by Gasteiger charge is 2.29. The summed E-state index contributed by atoms with van der Waals surface area (Å²) in [5.41, 5.74) is 7.24. The van der Waals surface area contributed by atoms with Crippen LogP contribution < -0.4 is 10.5 Å². The summed E-state index contributed by atoms with van der Waals surface area (Å²) in [6.45, 7) is 4.07. The molecule has 0 spiro atoms. The van der Waals surface area contributed by atoms with E-state index in [1.807, 2.05) is 37.7 Å². The third kappa shape index (κ3) is 2.47. The molecular weight excluding hydrogens is 206 g/mol. The van der Waals surface area contributed by atoms with Crippen LogP contribution in [0.1, 0.15) is 24.7 Å². The minimum Gasteiger partial charge on any atom is -0.491 e. The first kappa shape index (κ1) is 10.8. The number of rotatable bonds is 3. The van der Waals surface area contributed by atoms with E-state index in [-0.39, 0.29) is 6.10 Å². The van der Waals surface area contributed by atoms with Gasteiger partial charge >= 0.3 is 0 Å². The Morgan fingerprint density at radius 2 is 2.00 bits per heavy atom. The van der Waals surface area contributed by atoms with Gasteiger partial charge in [0.05, 0.1) is 6.10 Å². The van der Waals surface area contributed by atoms with Crippen molar-refractivity contribution in [3.8, 4) is 5.75 Å². The Morgan fingerprint density at radius 1 is 1.33 bits per heavy atom. The molecule has 2 atom stereocenters. The van der Waals surface area contributed by atoms with Gasteiger partial charge in [-0.15, -0.1) is 0 Å². The van der Waals surface area contributed by atoms with Gasteiger partial charge in [-0.3, -0.25) is 0 Å². The number of ether oxygens (including phenoxy) is 1. The van der Waals surface area contributed by atoms with E-state index in [9.17, 15) is 0 Å². The average molecular weight is 223 g/mol. The van der Waals surface area contributed by atoms with Gasteiger partial charge in [0, 0.05) is 17.0 Å². The van der Waals surface area contributed by atoms with E-state index in [1.165, 1.54) is 5.56 Å². The lowest BCUT2D eigenvalue weighted by Gasteiger charge is -2.33. The monoisotopic (exact) mass is 223 g/mol. The summed E-state index contributed by atoms with van der Waals surface area (Å²) in [4.78, 5) is 0. The summed E-state index contributed by atoms with van der Waals surface area (Å²) in [7, 11) is 0. The van der Waals surface area contributed by atoms with Gasteiger partial charge in [0.2, 0.25) is 0 Å². The maximum Gasteiger partial charge on any atom is 0.119 e. The van der Waals surface area contributed by atoms with E-state index >= 15 is 0 Å². The molecule has 1 fully saturated rings. The van der Waals surface area contributed by atoms with E-state index in [0.29, 0.717) is 11.3 Å². The molecule has 2 nitrogen and oxygen atoms in total. The van der Waals surface area contributed by atoms with Crippen molar-refractivity contribution in [3.63, 3.8) is 0 Å². The highest BCUT2D eigenvalue weighted by atomic mass is 32.2. The van der Waals surface area contributed by atoms with Crippen molar-refractivity contribution in [3.05, 3.63) is 29.8 Å². The molecule has 1 aromatic carbocycles. The standard InChI is InChI=1S/C12H17NOS/c1-8(2)14-10-5-3-9(4-6-10)12-11(13)7-15-12/h3-6,8,11-12H,7,13H2,1-2H3. The number of hydrogen-bond acceptors (Lipinski definition) is 3. The van der Waals surface area contributed by atoms with Crippen molar-refractivity contribution in [2.45, 2.75) is 31.2 Å². The van der Waals surface area contributed by atoms with Crippen molar-refractivity contribution in [2.75, 3.05) is 5.75 Å². The van der Waals surface area contributed by atoms with Crippen LogP contribution in [0.5, 0.6) is 5.75 Å². The molecule has 2 unspecified atom stereocenters. The third-order valence-electron chi connectivity index (χ3n) is 2.44. The van der Waals surface area contributed by atoms with Crippen LogP contribution in [0.15, 0.2) is 24.3 Å². The fraction of sp³-hybridized carbons (Fsp3) is 0.500. The topological polar surface area (TPSA) is 35.2 Å². The van der Waals surface area contributed by atoms with Crippen molar-refractivity contribution in [2.24, 2.45) is 5.73 Å². The van der Waals surface area contributed by atoms with Gasteiger partial charge in [-0.25, -0.2) is 0 Å². The summed E-state index contributed by atoms with van der Waals surface area (Å²) in [5.74, 6) is 2.01. The fourth-order valence-electron chi connectivity index (χ4n) is 1.66. The first-order valence-electron chi connectivity index (χ1n) is 5.30. The van der Waals surface area contributed by atoms with Crippen molar-refractivity contribution in [1.29, 1.82) is 0 Å². The van der Waals surface area contributed by atoms with Gasteiger partial charge in [0.1, 0.15) is 5.75 Å². The second-order valence-corrected chi connectivity index (χ2v) is 5.33. The van der Waals surface area contributed by atoms with Crippen molar-refractivity contribution < 1.29 is 4.74 Å². The molecule has 1 aliphatic heterocycles. The molecule has 1 aliphatic rings. The summed E-state index contributed by atoms with van der Waals surface area (Å²) < 4.78 is 5.59. The average Bonchev–Trinajstić information content (AvgIpc) is 2.18. The largest absolute Gasteiger partial charge is 0.491 e. The zero-order valence-electron chi connectivity index (χ0n) is 9.14. The molecule has 2 rings (SSSR count). The minimum atomic E-state index is 0.233. The number of hydrogen-bond donors (Lipinski definition) is 1. The Labute approximate surface area is 95.2 Å². The van der Waals surface area contributed by atoms with Gasteiger partial charge in [0.25, 0.3) is 0 Å². The first-order valence-corrected chi connectivity index (χ1v) is 6.35. The summed E-state index contributed by atoms with van der Waals surface area (Å²) in [6.07, 6.45) is 0.233. The molecule has 82 valence electrons. The highest BCUT2D eigenvalue weighted by molar-refractivity contribution is 8.01. The second kappa shape index (κ2) is 4.45. The minimum absolute atomic E-state index is 0.233. The van der Waals surface area contributed by atoms with Gasteiger partial charge in [-0.05, 0) is 31.5 Å². The Hall–Kier alpha value is -0.670. The van der Waals surface area contributed by atoms with Gasteiger partial charge < -0.3 is 10.5 Å². The molecule has 0 aliphatic carbocycles. The Kier molecular flexibility index (Phi) is 3.22. The molecule has 1 saturated heterocycles. The predicted octanol–water partition coefficient (Wildman–Crippen LogP) is 2.59. The van der Waals surface area contributed by atoms with Crippen molar-refractivity contribution in [1.82, 2.24) is 0 Å².